The summed E-state index contributed by atoms with van der Waals surface area (Å²) >= 11 is 0. The molecule has 0 aliphatic carbocycles. The highest BCUT2D eigenvalue weighted by Gasteiger charge is 2.22. The van der Waals surface area contributed by atoms with Gasteiger partial charge in [-0.15, -0.1) is 0 Å². The molecule has 2 amide bonds. The molecule has 2 aromatic rings. The third-order valence-electron chi connectivity index (χ3n) is 3.07. The Balaban J connectivity index is 2.34. The molecule has 0 unspecified atom stereocenters. The van der Waals surface area contributed by atoms with Crippen LogP contribution in [0.1, 0.15) is 26.3 Å². The number of nitrogens with one attached hydrogen (secondary N) is 1. The smallest absolute Gasteiger partial charge is 0.285 e. The van der Waals surface area contributed by atoms with Gasteiger partial charge in [0.15, 0.2) is 0 Å². The number of para-hydroxylation sites is 1. The van der Waals surface area contributed by atoms with Crippen LogP contribution < -0.4 is 11.1 Å². The molecule has 0 aliphatic heterocycles. The normalized spacial score (nSPS) is 10.0. The van der Waals surface area contributed by atoms with Crippen molar-refractivity contribution in [1.82, 2.24) is 0 Å². The molecular weight excluding hydrogens is 286 g/mol. The number of aryl methyl sites for hydroxylation is 1. The monoisotopic (exact) mass is 299 g/mol. The number of nitrogens with two attached hydrogens (primary N) is 1. The lowest BCUT2D eigenvalue weighted by atomic mass is 10.1. The van der Waals surface area contributed by atoms with E-state index in [1.54, 1.807) is 31.2 Å². The number of nitro groups is 1. The molecule has 0 spiro atoms. The van der Waals surface area contributed by atoms with Crippen molar-refractivity contribution in [3.63, 3.8) is 0 Å². The number of anilines is 1. The molecule has 7 nitrogen and oxygen atoms in total. The summed E-state index contributed by atoms with van der Waals surface area (Å²) in [4.78, 5) is 33.9. The van der Waals surface area contributed by atoms with Crippen LogP contribution in [0.25, 0.3) is 0 Å². The Morgan fingerprint density at radius 2 is 1.86 bits per heavy atom. The fraction of sp³-hybridized carbons (Fsp3) is 0.0667. The van der Waals surface area contributed by atoms with Crippen LogP contribution in [0.5, 0.6) is 0 Å². The van der Waals surface area contributed by atoms with Gasteiger partial charge < -0.3 is 11.1 Å². The largest absolute Gasteiger partial charge is 0.366 e. The van der Waals surface area contributed by atoms with Crippen LogP contribution in [-0.4, -0.2) is 16.7 Å². The van der Waals surface area contributed by atoms with E-state index in [1.165, 1.54) is 18.2 Å². The second kappa shape index (κ2) is 6.04. The molecular formula is C15H13N3O4. The summed E-state index contributed by atoms with van der Waals surface area (Å²) in [5.41, 5.74) is 5.83. The van der Waals surface area contributed by atoms with Crippen LogP contribution in [0.3, 0.4) is 0 Å². The lowest BCUT2D eigenvalue weighted by Gasteiger charge is -2.08. The average Bonchev–Trinajstić information content (AvgIpc) is 2.46. The number of hydrogen-bond acceptors (Lipinski definition) is 4. The zero-order valence-electron chi connectivity index (χ0n) is 11.7. The lowest BCUT2D eigenvalue weighted by Crippen LogP contribution is -2.16. The molecule has 0 atom stereocenters. The van der Waals surface area contributed by atoms with Gasteiger partial charge in [-0.1, -0.05) is 18.2 Å². The molecule has 0 bridgehead atoms. The van der Waals surface area contributed by atoms with E-state index in [-0.39, 0.29) is 16.8 Å². The third-order valence-corrected chi connectivity index (χ3v) is 3.07. The van der Waals surface area contributed by atoms with Gasteiger partial charge in [0.2, 0.25) is 5.91 Å². The van der Waals surface area contributed by atoms with Gasteiger partial charge in [0.25, 0.3) is 11.6 Å². The van der Waals surface area contributed by atoms with Crippen molar-refractivity contribution >= 4 is 23.2 Å². The summed E-state index contributed by atoms with van der Waals surface area (Å²) in [5, 5.41) is 13.6. The fourth-order valence-corrected chi connectivity index (χ4v) is 2.03. The predicted molar refractivity (Wildman–Crippen MR) is 80.7 cm³/mol. The first kappa shape index (κ1) is 15.2. The van der Waals surface area contributed by atoms with Gasteiger partial charge in [0.05, 0.1) is 4.92 Å². The molecule has 0 aromatic heterocycles. The maximum atomic E-state index is 12.2. The van der Waals surface area contributed by atoms with Gasteiger partial charge >= 0.3 is 0 Å². The molecule has 112 valence electrons. The first-order valence-electron chi connectivity index (χ1n) is 6.35. The predicted octanol–water partition coefficient (Wildman–Crippen LogP) is 2.25. The van der Waals surface area contributed by atoms with E-state index in [2.05, 4.69) is 5.32 Å². The van der Waals surface area contributed by atoms with Crippen molar-refractivity contribution in [2.75, 3.05) is 5.32 Å². The van der Waals surface area contributed by atoms with Gasteiger partial charge in [-0.05, 0) is 31.2 Å². The highest BCUT2D eigenvalue weighted by atomic mass is 16.6. The fourth-order valence-electron chi connectivity index (χ4n) is 2.03. The number of amides is 2. The molecule has 2 aromatic carbocycles. The summed E-state index contributed by atoms with van der Waals surface area (Å²) in [6.07, 6.45) is 0. The molecule has 22 heavy (non-hydrogen) atoms. The Kier molecular flexibility index (Phi) is 4.17. The van der Waals surface area contributed by atoms with E-state index in [0.29, 0.717) is 11.3 Å². The SMILES string of the molecule is Cc1cccc(C(=O)Nc2cccc(C(N)=O)c2)c1[N+](=O)[O-]. The average molecular weight is 299 g/mol. The number of hydrogen-bond donors (Lipinski definition) is 2. The number of benzene rings is 2. The second-order valence-corrected chi connectivity index (χ2v) is 4.63. The maximum Gasteiger partial charge on any atom is 0.285 e. The number of primary amides is 1. The molecule has 0 saturated heterocycles. The minimum Gasteiger partial charge on any atom is -0.366 e. The summed E-state index contributed by atoms with van der Waals surface area (Å²) < 4.78 is 0. The van der Waals surface area contributed by atoms with Crippen LogP contribution in [0.15, 0.2) is 42.5 Å². The molecule has 0 fully saturated rings. The van der Waals surface area contributed by atoms with E-state index < -0.39 is 16.7 Å². The number of nitrogens with zero attached hydrogens (tertiary/aromatic N) is 1. The summed E-state index contributed by atoms with van der Waals surface area (Å²) in [5.74, 6) is -1.25. The van der Waals surface area contributed by atoms with Gasteiger partial charge in [0.1, 0.15) is 5.56 Å². The van der Waals surface area contributed by atoms with Crippen molar-refractivity contribution in [3.8, 4) is 0 Å². The molecule has 0 heterocycles. The van der Waals surface area contributed by atoms with E-state index >= 15 is 0 Å². The van der Waals surface area contributed by atoms with Crippen LogP contribution >= 0.6 is 0 Å². The van der Waals surface area contributed by atoms with Gasteiger partial charge in [-0.2, -0.15) is 0 Å². The molecule has 0 saturated carbocycles. The van der Waals surface area contributed by atoms with Crippen LogP contribution in [0.4, 0.5) is 11.4 Å². The van der Waals surface area contributed by atoms with E-state index in [0.717, 1.165) is 0 Å². The van der Waals surface area contributed by atoms with Crippen LogP contribution in [0.2, 0.25) is 0 Å². The summed E-state index contributed by atoms with van der Waals surface area (Å²) in [6, 6.07) is 10.5. The van der Waals surface area contributed by atoms with Crippen LogP contribution in [-0.2, 0) is 0 Å². The quantitative estimate of drug-likeness (QED) is 0.665. The third kappa shape index (κ3) is 3.09. The standard InChI is InChI=1S/C15H13N3O4/c1-9-4-2-7-12(13(9)18(21)22)15(20)17-11-6-3-5-10(8-11)14(16)19/h2-8H,1H3,(H2,16,19)(H,17,20). The minimum absolute atomic E-state index is 0.0468. The highest BCUT2D eigenvalue weighted by molar-refractivity contribution is 6.07. The molecule has 2 rings (SSSR count). The van der Waals surface area contributed by atoms with E-state index in [9.17, 15) is 19.7 Å². The van der Waals surface area contributed by atoms with Gasteiger partial charge in [0, 0.05) is 16.8 Å². The first-order chi connectivity index (χ1) is 10.4. The highest BCUT2D eigenvalue weighted by Crippen LogP contribution is 2.24. The number of carbonyl (C=O) groups is 2. The molecule has 3 N–H and O–H groups in total. The maximum absolute atomic E-state index is 12.2. The molecule has 0 aliphatic rings. The zero-order valence-corrected chi connectivity index (χ0v) is 11.7. The Morgan fingerprint density at radius 1 is 1.18 bits per heavy atom. The Labute approximate surface area is 125 Å². The number of carbonyl (C=O) groups excluding carboxylic acids is 2. The van der Waals surface area contributed by atoms with Crippen molar-refractivity contribution in [1.29, 1.82) is 0 Å². The Bertz CT molecular complexity index is 771. The second-order valence-electron chi connectivity index (χ2n) is 4.63. The Morgan fingerprint density at radius 3 is 2.50 bits per heavy atom. The van der Waals surface area contributed by atoms with Crippen molar-refractivity contribution < 1.29 is 14.5 Å². The van der Waals surface area contributed by atoms with E-state index in [4.69, 9.17) is 5.73 Å². The molecule has 0 radical (unpaired) electrons. The van der Waals surface area contributed by atoms with Crippen molar-refractivity contribution in [2.24, 2.45) is 5.73 Å². The zero-order chi connectivity index (χ0) is 16.3. The van der Waals surface area contributed by atoms with Gasteiger partial charge in [-0.3, -0.25) is 19.7 Å². The van der Waals surface area contributed by atoms with Gasteiger partial charge in [-0.25, -0.2) is 0 Å². The topological polar surface area (TPSA) is 115 Å². The van der Waals surface area contributed by atoms with Crippen molar-refractivity contribution in [3.05, 3.63) is 69.3 Å². The van der Waals surface area contributed by atoms with E-state index in [1.807, 2.05) is 0 Å². The summed E-state index contributed by atoms with van der Waals surface area (Å²) in [7, 11) is 0. The minimum atomic E-state index is -0.628. The lowest BCUT2D eigenvalue weighted by molar-refractivity contribution is -0.385. The summed E-state index contributed by atoms with van der Waals surface area (Å²) in [6.45, 7) is 1.56. The van der Waals surface area contributed by atoms with Crippen molar-refractivity contribution in [2.45, 2.75) is 6.92 Å². The first-order valence-corrected chi connectivity index (χ1v) is 6.35. The Hall–Kier alpha value is -3.22. The molecule has 7 heteroatoms. The number of rotatable bonds is 4. The van der Waals surface area contributed by atoms with Crippen LogP contribution in [0, 0.1) is 17.0 Å². The number of nitro benzene ring substituents is 1.